The van der Waals surface area contributed by atoms with Gasteiger partial charge < -0.3 is 10.3 Å². The van der Waals surface area contributed by atoms with Crippen LogP contribution in [-0.4, -0.2) is 10.5 Å². The van der Waals surface area contributed by atoms with E-state index in [1.165, 1.54) is 35.8 Å². The Bertz CT molecular complexity index is 1130. The summed E-state index contributed by atoms with van der Waals surface area (Å²) >= 11 is 0. The van der Waals surface area contributed by atoms with Crippen molar-refractivity contribution in [2.24, 2.45) is 5.73 Å². The third-order valence-corrected chi connectivity index (χ3v) is 5.03. The van der Waals surface area contributed by atoms with Gasteiger partial charge in [0.2, 0.25) is 0 Å². The Balaban J connectivity index is 2.16. The summed E-state index contributed by atoms with van der Waals surface area (Å²) in [5, 5.41) is 0. The number of carbonyl (C=O) groups excluding carboxylic acids is 1. The summed E-state index contributed by atoms with van der Waals surface area (Å²) in [6.45, 7) is 1.54. The molecule has 2 aromatic carbocycles. The summed E-state index contributed by atoms with van der Waals surface area (Å²) in [6, 6.07) is 7.99. The number of rotatable bonds is 5. The van der Waals surface area contributed by atoms with Gasteiger partial charge in [-0.25, -0.2) is 4.39 Å². The van der Waals surface area contributed by atoms with Gasteiger partial charge >= 0.3 is 12.4 Å². The molecule has 0 atom stereocenters. The van der Waals surface area contributed by atoms with Crippen molar-refractivity contribution < 1.29 is 35.5 Å². The molecule has 3 aromatic rings. The molecule has 1 heterocycles. The van der Waals surface area contributed by atoms with E-state index in [0.717, 1.165) is 0 Å². The van der Waals surface area contributed by atoms with Gasteiger partial charge in [-0.15, -0.1) is 0 Å². The van der Waals surface area contributed by atoms with Crippen LogP contribution in [0.15, 0.2) is 48.5 Å². The molecule has 170 valence electrons. The summed E-state index contributed by atoms with van der Waals surface area (Å²) in [5.41, 5.74) is 2.78. The molecule has 0 radical (unpaired) electrons. The van der Waals surface area contributed by atoms with Crippen molar-refractivity contribution in [2.75, 3.05) is 0 Å². The number of halogens is 7. The molecule has 0 spiro atoms. The number of benzene rings is 2. The number of amides is 1. The molecule has 0 aliphatic heterocycles. The van der Waals surface area contributed by atoms with E-state index < -0.39 is 35.2 Å². The third-order valence-electron chi connectivity index (χ3n) is 5.03. The molecule has 10 heteroatoms. The van der Waals surface area contributed by atoms with Crippen LogP contribution < -0.4 is 5.73 Å². The van der Waals surface area contributed by atoms with Crippen molar-refractivity contribution in [3.8, 4) is 11.3 Å². The normalized spacial score (nSPS) is 12.2. The molecule has 0 saturated heterocycles. The van der Waals surface area contributed by atoms with Crippen molar-refractivity contribution in [1.82, 2.24) is 4.57 Å². The summed E-state index contributed by atoms with van der Waals surface area (Å²) < 4.78 is 94.6. The predicted molar refractivity (Wildman–Crippen MR) is 103 cm³/mol. The molecule has 0 aliphatic rings. The van der Waals surface area contributed by atoms with Gasteiger partial charge in [0.25, 0.3) is 5.91 Å². The molecule has 0 fully saturated rings. The topological polar surface area (TPSA) is 48.0 Å². The number of aryl methyl sites for hydroxylation is 1. The highest BCUT2D eigenvalue weighted by molar-refractivity contribution is 5.95. The maximum Gasteiger partial charge on any atom is 0.416 e. The van der Waals surface area contributed by atoms with Crippen LogP contribution in [0.1, 0.15) is 32.7 Å². The van der Waals surface area contributed by atoms with Gasteiger partial charge in [0.1, 0.15) is 5.82 Å². The van der Waals surface area contributed by atoms with Crippen LogP contribution in [0.5, 0.6) is 0 Å². The maximum atomic E-state index is 13.5. The van der Waals surface area contributed by atoms with Crippen molar-refractivity contribution in [1.29, 1.82) is 0 Å². The molecule has 0 unspecified atom stereocenters. The van der Waals surface area contributed by atoms with Gasteiger partial charge in [-0.1, -0.05) is 12.1 Å². The van der Waals surface area contributed by atoms with Crippen LogP contribution in [0.2, 0.25) is 0 Å². The molecule has 3 rings (SSSR count). The zero-order valence-corrected chi connectivity index (χ0v) is 16.6. The smallest absolute Gasteiger partial charge is 0.366 e. The second-order valence-corrected chi connectivity index (χ2v) is 7.22. The van der Waals surface area contributed by atoms with E-state index in [1.54, 1.807) is 6.07 Å². The molecule has 2 N–H and O–H groups in total. The SMILES string of the molecule is Cc1c(C(N)=O)cc(-c2cc(C(F)(F)F)cc(C(F)(F)F)c2)n1CCc1cccc(F)c1. The average molecular weight is 458 g/mol. The fourth-order valence-electron chi connectivity index (χ4n) is 3.46. The van der Waals surface area contributed by atoms with Crippen LogP contribution in [0.4, 0.5) is 30.7 Å². The number of carbonyl (C=O) groups is 1. The first-order chi connectivity index (χ1) is 14.8. The number of hydrogen-bond donors (Lipinski definition) is 1. The number of nitrogens with zero attached hydrogens (tertiary/aromatic N) is 1. The minimum atomic E-state index is -5.02. The molecule has 1 amide bonds. The van der Waals surface area contributed by atoms with Crippen LogP contribution in [0.3, 0.4) is 0 Å². The monoisotopic (exact) mass is 458 g/mol. The first-order valence-corrected chi connectivity index (χ1v) is 9.31. The number of primary amides is 1. The Morgan fingerprint density at radius 3 is 2.03 bits per heavy atom. The Hall–Kier alpha value is -3.30. The van der Waals surface area contributed by atoms with Crippen molar-refractivity contribution >= 4 is 5.91 Å². The Kier molecular flexibility index (Phi) is 6.08. The lowest BCUT2D eigenvalue weighted by atomic mass is 10.0. The molecular weight excluding hydrogens is 441 g/mol. The van der Waals surface area contributed by atoms with Crippen LogP contribution in [-0.2, 0) is 25.3 Å². The molecule has 3 nitrogen and oxygen atoms in total. The fourth-order valence-corrected chi connectivity index (χ4v) is 3.46. The Labute approximate surface area is 178 Å². The largest absolute Gasteiger partial charge is 0.416 e. The predicted octanol–water partition coefficient (Wildman–Crippen LogP) is 5.98. The summed E-state index contributed by atoms with van der Waals surface area (Å²) in [7, 11) is 0. The van der Waals surface area contributed by atoms with Crippen molar-refractivity contribution in [3.05, 3.63) is 82.3 Å². The van der Waals surface area contributed by atoms with E-state index in [2.05, 4.69) is 0 Å². The minimum Gasteiger partial charge on any atom is -0.366 e. The van der Waals surface area contributed by atoms with Crippen LogP contribution >= 0.6 is 0 Å². The van der Waals surface area contributed by atoms with Gasteiger partial charge in [0.05, 0.1) is 16.7 Å². The highest BCUT2D eigenvalue weighted by Gasteiger charge is 2.37. The first kappa shape index (κ1) is 23.4. The van der Waals surface area contributed by atoms with Gasteiger partial charge in [0.15, 0.2) is 0 Å². The van der Waals surface area contributed by atoms with Gasteiger partial charge in [-0.05, 0) is 60.9 Å². The van der Waals surface area contributed by atoms with Gasteiger partial charge in [-0.2, -0.15) is 26.3 Å². The second kappa shape index (κ2) is 8.33. The van der Waals surface area contributed by atoms with E-state index in [0.29, 0.717) is 17.7 Å². The van der Waals surface area contributed by atoms with Gasteiger partial charge in [-0.3, -0.25) is 4.79 Å². The lowest BCUT2D eigenvalue weighted by Gasteiger charge is -2.16. The number of aromatic nitrogens is 1. The van der Waals surface area contributed by atoms with Crippen LogP contribution in [0.25, 0.3) is 11.3 Å². The van der Waals surface area contributed by atoms with E-state index in [1.807, 2.05) is 0 Å². The van der Waals surface area contributed by atoms with Crippen molar-refractivity contribution in [2.45, 2.75) is 32.2 Å². The Morgan fingerprint density at radius 2 is 1.53 bits per heavy atom. The average Bonchev–Trinajstić information content (AvgIpc) is 3.01. The minimum absolute atomic E-state index is 0.0331. The van der Waals surface area contributed by atoms with Crippen LogP contribution in [0, 0.1) is 12.7 Å². The van der Waals surface area contributed by atoms with E-state index in [-0.39, 0.29) is 41.5 Å². The Morgan fingerprint density at radius 1 is 0.938 bits per heavy atom. The molecule has 0 aliphatic carbocycles. The number of hydrogen-bond acceptors (Lipinski definition) is 1. The summed E-state index contributed by atoms with van der Waals surface area (Å²) in [4.78, 5) is 11.8. The molecule has 1 aromatic heterocycles. The van der Waals surface area contributed by atoms with Gasteiger partial charge in [0, 0.05) is 17.9 Å². The first-order valence-electron chi connectivity index (χ1n) is 9.31. The zero-order chi connectivity index (χ0) is 23.8. The molecule has 0 bridgehead atoms. The highest BCUT2D eigenvalue weighted by atomic mass is 19.4. The van der Waals surface area contributed by atoms with E-state index in [4.69, 9.17) is 5.73 Å². The third kappa shape index (κ3) is 4.95. The lowest BCUT2D eigenvalue weighted by molar-refractivity contribution is -0.143. The zero-order valence-electron chi connectivity index (χ0n) is 16.6. The molecule has 32 heavy (non-hydrogen) atoms. The van der Waals surface area contributed by atoms with E-state index in [9.17, 15) is 35.5 Å². The quantitative estimate of drug-likeness (QED) is 0.470. The number of alkyl halides is 6. The summed E-state index contributed by atoms with van der Waals surface area (Å²) in [6.07, 6.45) is -9.82. The molecular formula is C22H17F7N2O. The fraction of sp³-hybridized carbons (Fsp3) is 0.227. The second-order valence-electron chi connectivity index (χ2n) is 7.22. The van der Waals surface area contributed by atoms with Crippen molar-refractivity contribution in [3.63, 3.8) is 0 Å². The maximum absolute atomic E-state index is 13.5. The summed E-state index contributed by atoms with van der Waals surface area (Å²) in [5.74, 6) is -1.37. The standard InChI is InChI=1S/C22H17F7N2O/c1-12-18(20(30)32)11-19(31(12)6-5-13-3-2-4-17(23)7-13)14-8-15(21(24,25)26)10-16(9-14)22(27,28)29/h2-4,7-11H,5-6H2,1H3,(H2,30,32). The molecule has 0 saturated carbocycles. The lowest BCUT2D eigenvalue weighted by Crippen LogP contribution is -2.13. The number of nitrogens with two attached hydrogens (primary N) is 1. The van der Waals surface area contributed by atoms with E-state index >= 15 is 0 Å². The highest BCUT2D eigenvalue weighted by Crippen LogP contribution is 2.39.